The van der Waals surface area contributed by atoms with Crippen molar-refractivity contribution in [3.05, 3.63) is 89.5 Å². The average Bonchev–Trinajstić information content (AvgIpc) is 3.34. The molecule has 6 heteroatoms. The third-order valence-corrected chi connectivity index (χ3v) is 6.24. The molecule has 1 N–H and O–H groups in total. The molecule has 0 fully saturated rings. The first-order chi connectivity index (χ1) is 16.0. The second kappa shape index (κ2) is 8.13. The number of ether oxygens (including phenoxy) is 1. The molecule has 0 saturated heterocycles. The van der Waals surface area contributed by atoms with E-state index in [1.807, 2.05) is 66.7 Å². The third-order valence-electron chi connectivity index (χ3n) is 6.24. The molecule has 0 saturated carbocycles. The average molecular weight is 440 g/mol. The number of rotatable bonds is 5. The van der Waals surface area contributed by atoms with Crippen LogP contribution >= 0.6 is 0 Å². The highest BCUT2D eigenvalue weighted by Gasteiger charge is 2.41. The van der Waals surface area contributed by atoms with Gasteiger partial charge in [-0.3, -0.25) is 9.59 Å². The summed E-state index contributed by atoms with van der Waals surface area (Å²) in [5.41, 5.74) is 5.35. The smallest absolute Gasteiger partial charge is 0.255 e. The maximum Gasteiger partial charge on any atom is 0.255 e. The van der Waals surface area contributed by atoms with Crippen molar-refractivity contribution in [2.75, 3.05) is 27.7 Å². The fourth-order valence-electron chi connectivity index (χ4n) is 4.59. The molecule has 0 aliphatic carbocycles. The van der Waals surface area contributed by atoms with Gasteiger partial charge in [-0.2, -0.15) is 0 Å². The molecule has 5 rings (SSSR count). The van der Waals surface area contributed by atoms with Gasteiger partial charge in [0, 0.05) is 41.7 Å². The maximum absolute atomic E-state index is 13.5. The van der Waals surface area contributed by atoms with Gasteiger partial charge in [0.1, 0.15) is 12.3 Å². The summed E-state index contributed by atoms with van der Waals surface area (Å²) in [5, 5.41) is 1.02. The molecule has 2 amide bonds. The fraction of sp³-hybridized carbons (Fsp3) is 0.185. The highest BCUT2D eigenvalue weighted by atomic mass is 16.5. The molecule has 1 aliphatic heterocycles. The number of fused-ring (bicyclic) bond motifs is 2. The molecule has 1 aromatic heterocycles. The predicted molar refractivity (Wildman–Crippen MR) is 128 cm³/mol. The number of nitrogens with zero attached hydrogens (tertiary/aromatic N) is 2. The van der Waals surface area contributed by atoms with Gasteiger partial charge in [-0.25, -0.2) is 0 Å². The Kier molecular flexibility index (Phi) is 5.13. The molecule has 6 nitrogen and oxygen atoms in total. The quantitative estimate of drug-likeness (QED) is 0.499. The van der Waals surface area contributed by atoms with Crippen molar-refractivity contribution in [2.45, 2.75) is 6.04 Å². The number of aromatic nitrogens is 1. The van der Waals surface area contributed by atoms with Crippen LogP contribution in [0.3, 0.4) is 0 Å². The summed E-state index contributed by atoms with van der Waals surface area (Å²) in [5.74, 6) is 0.497. The van der Waals surface area contributed by atoms with Crippen LogP contribution in [-0.4, -0.2) is 54.3 Å². The summed E-state index contributed by atoms with van der Waals surface area (Å²) in [6.45, 7) is 0.00222. The van der Waals surface area contributed by atoms with Gasteiger partial charge in [-0.15, -0.1) is 0 Å². The van der Waals surface area contributed by atoms with Crippen molar-refractivity contribution in [1.29, 1.82) is 0 Å². The molecule has 0 unspecified atom stereocenters. The first-order valence-corrected chi connectivity index (χ1v) is 10.8. The van der Waals surface area contributed by atoms with E-state index in [-0.39, 0.29) is 18.4 Å². The number of H-pyrrole nitrogens is 1. The number of aromatic amines is 1. The number of hydrogen-bond acceptors (Lipinski definition) is 3. The minimum absolute atomic E-state index is 0.00222. The number of carbonyl (C=O) groups is 2. The van der Waals surface area contributed by atoms with Gasteiger partial charge in [-0.05, 0) is 29.8 Å². The zero-order valence-corrected chi connectivity index (χ0v) is 18.8. The molecule has 4 aromatic rings. The zero-order chi connectivity index (χ0) is 23.1. The van der Waals surface area contributed by atoms with E-state index in [4.69, 9.17) is 4.74 Å². The van der Waals surface area contributed by atoms with E-state index >= 15 is 0 Å². The Morgan fingerprint density at radius 1 is 1.03 bits per heavy atom. The van der Waals surface area contributed by atoms with Crippen LogP contribution in [0, 0.1) is 0 Å². The lowest BCUT2D eigenvalue weighted by Crippen LogP contribution is -2.39. The first-order valence-electron chi connectivity index (χ1n) is 10.8. The molecule has 1 atom stereocenters. The number of methoxy groups -OCH3 is 1. The van der Waals surface area contributed by atoms with Gasteiger partial charge >= 0.3 is 0 Å². The first kappa shape index (κ1) is 20.8. The molecule has 2 heterocycles. The summed E-state index contributed by atoms with van der Waals surface area (Å²) in [6.07, 6.45) is 0. The lowest BCUT2D eigenvalue weighted by Gasteiger charge is -2.27. The van der Waals surface area contributed by atoms with Crippen molar-refractivity contribution >= 4 is 22.7 Å². The number of amides is 2. The van der Waals surface area contributed by atoms with Crippen LogP contribution in [-0.2, 0) is 4.79 Å². The number of hydrogen-bond donors (Lipinski definition) is 1. The van der Waals surface area contributed by atoms with Gasteiger partial charge in [0.15, 0.2) is 0 Å². The summed E-state index contributed by atoms with van der Waals surface area (Å²) < 4.78 is 5.46. The highest BCUT2D eigenvalue weighted by Crippen LogP contribution is 2.45. The lowest BCUT2D eigenvalue weighted by atomic mass is 9.93. The van der Waals surface area contributed by atoms with E-state index in [9.17, 15) is 9.59 Å². The number of nitrogens with one attached hydrogen (secondary N) is 1. The van der Waals surface area contributed by atoms with E-state index in [2.05, 4.69) is 11.1 Å². The van der Waals surface area contributed by atoms with E-state index in [0.29, 0.717) is 5.56 Å². The molecule has 0 spiro atoms. The predicted octanol–water partition coefficient (Wildman–Crippen LogP) is 4.48. The Bertz CT molecular complexity index is 1370. The summed E-state index contributed by atoms with van der Waals surface area (Å²) in [4.78, 5) is 33.0. The summed E-state index contributed by atoms with van der Waals surface area (Å²) in [6, 6.07) is 23.2. The van der Waals surface area contributed by atoms with Crippen LogP contribution in [0.1, 0.15) is 27.5 Å². The standard InChI is InChI=1S/C27H25N3O3/c1-29(2)23(31)16-30-26(19-11-4-5-12-20(19)27(30)32)24-21-13-6-7-14-22(21)28-25(24)17-9-8-10-18(15-17)33-3/h4-15,26,28H,16H2,1-3H3/t26-/m1/s1. The number of likely N-dealkylation sites (N-methyl/N-ethyl adjacent to an activating group) is 1. The van der Waals surface area contributed by atoms with Crippen molar-refractivity contribution in [1.82, 2.24) is 14.8 Å². The molecule has 3 aromatic carbocycles. The SMILES string of the molecule is COc1cccc(-c2[nH]c3ccccc3c2[C@H]2c3ccccc3C(=O)N2CC(=O)N(C)C)c1. The normalized spacial score (nSPS) is 15.1. The minimum atomic E-state index is -0.394. The topological polar surface area (TPSA) is 65.6 Å². The zero-order valence-electron chi connectivity index (χ0n) is 18.8. The monoisotopic (exact) mass is 439 g/mol. The van der Waals surface area contributed by atoms with Crippen LogP contribution < -0.4 is 4.74 Å². The molecule has 166 valence electrons. The van der Waals surface area contributed by atoms with Crippen molar-refractivity contribution < 1.29 is 14.3 Å². The maximum atomic E-state index is 13.5. The van der Waals surface area contributed by atoms with Gasteiger partial charge in [0.25, 0.3) is 5.91 Å². The molecule has 1 aliphatic rings. The Morgan fingerprint density at radius 3 is 2.58 bits per heavy atom. The van der Waals surface area contributed by atoms with Crippen LogP contribution in [0.25, 0.3) is 22.2 Å². The van der Waals surface area contributed by atoms with E-state index in [1.165, 1.54) is 4.90 Å². The van der Waals surface area contributed by atoms with Crippen LogP contribution in [0.2, 0.25) is 0 Å². The van der Waals surface area contributed by atoms with Crippen molar-refractivity contribution in [3.63, 3.8) is 0 Å². The molecule has 0 bridgehead atoms. The molecule has 33 heavy (non-hydrogen) atoms. The third kappa shape index (κ3) is 3.44. The van der Waals surface area contributed by atoms with Crippen LogP contribution in [0.5, 0.6) is 5.75 Å². The van der Waals surface area contributed by atoms with E-state index in [1.54, 1.807) is 26.1 Å². The van der Waals surface area contributed by atoms with Gasteiger partial charge in [0.2, 0.25) is 5.91 Å². The second-order valence-corrected chi connectivity index (χ2v) is 8.40. The Labute approximate surface area is 192 Å². The molecular formula is C27H25N3O3. The largest absolute Gasteiger partial charge is 0.497 e. The molecular weight excluding hydrogens is 414 g/mol. The van der Waals surface area contributed by atoms with Crippen molar-refractivity contribution in [2.24, 2.45) is 0 Å². The summed E-state index contributed by atoms with van der Waals surface area (Å²) >= 11 is 0. The molecule has 0 radical (unpaired) electrons. The second-order valence-electron chi connectivity index (χ2n) is 8.40. The van der Waals surface area contributed by atoms with Gasteiger partial charge in [0.05, 0.1) is 18.8 Å². The number of carbonyl (C=O) groups excluding carboxylic acids is 2. The van der Waals surface area contributed by atoms with Gasteiger partial charge in [-0.1, -0.05) is 48.5 Å². The Hall–Kier alpha value is -4.06. The number of benzene rings is 3. The van der Waals surface area contributed by atoms with Crippen LogP contribution in [0.4, 0.5) is 0 Å². The van der Waals surface area contributed by atoms with Gasteiger partial charge < -0.3 is 19.5 Å². The number of para-hydroxylation sites is 1. The Balaban J connectivity index is 1.77. The Morgan fingerprint density at radius 2 is 1.79 bits per heavy atom. The fourth-order valence-corrected chi connectivity index (χ4v) is 4.59. The van der Waals surface area contributed by atoms with Crippen LogP contribution in [0.15, 0.2) is 72.8 Å². The highest BCUT2D eigenvalue weighted by molar-refractivity contribution is 6.03. The minimum Gasteiger partial charge on any atom is -0.497 e. The van der Waals surface area contributed by atoms with E-state index < -0.39 is 6.04 Å². The van der Waals surface area contributed by atoms with E-state index in [0.717, 1.165) is 39.0 Å². The summed E-state index contributed by atoms with van der Waals surface area (Å²) in [7, 11) is 5.06. The lowest BCUT2D eigenvalue weighted by molar-refractivity contribution is -0.129. The van der Waals surface area contributed by atoms with Crippen molar-refractivity contribution in [3.8, 4) is 17.0 Å².